The van der Waals surface area contributed by atoms with E-state index in [2.05, 4.69) is 6.07 Å². The van der Waals surface area contributed by atoms with E-state index in [1.165, 1.54) is 10.4 Å². The van der Waals surface area contributed by atoms with Crippen molar-refractivity contribution in [3.8, 4) is 5.75 Å². The van der Waals surface area contributed by atoms with Crippen LogP contribution in [0, 0.1) is 0 Å². The van der Waals surface area contributed by atoms with Gasteiger partial charge in [0.1, 0.15) is 5.75 Å². The van der Waals surface area contributed by atoms with Crippen LogP contribution in [0.5, 0.6) is 5.75 Å². The number of fused-ring (bicyclic) bond motifs is 1. The van der Waals surface area contributed by atoms with Gasteiger partial charge in [0, 0.05) is 16.0 Å². The highest BCUT2D eigenvalue weighted by molar-refractivity contribution is 7.98. The number of ether oxygens (including phenoxy) is 1. The van der Waals surface area contributed by atoms with Crippen LogP contribution in [0.15, 0.2) is 52.4 Å². The fraction of sp³-hybridized carbons (Fsp3) is 0.133. The van der Waals surface area contributed by atoms with E-state index in [1.54, 1.807) is 24.8 Å². The van der Waals surface area contributed by atoms with Crippen LogP contribution in [-0.4, -0.2) is 12.2 Å². The lowest BCUT2D eigenvalue weighted by molar-refractivity contribution is -0.130. The van der Waals surface area contributed by atoms with Gasteiger partial charge in [-0.05, 0) is 48.2 Å². The Hall–Kier alpha value is -1.45. The van der Waals surface area contributed by atoms with E-state index in [1.807, 2.05) is 30.5 Å². The summed E-state index contributed by atoms with van der Waals surface area (Å²) >= 11 is 7.17. The lowest BCUT2D eigenvalue weighted by atomic mass is 10.1. The molecule has 0 bridgehead atoms. The molecule has 0 saturated heterocycles. The van der Waals surface area contributed by atoms with Crippen LogP contribution in [0.3, 0.4) is 0 Å². The minimum atomic E-state index is -0.435. The maximum Gasteiger partial charge on any atom is 0.340 e. The van der Waals surface area contributed by atoms with Gasteiger partial charge in [-0.25, -0.2) is 4.79 Å². The number of carbonyl (C=O) groups is 1. The number of carbonyl (C=O) groups excluding carboxylic acids is 1. The van der Waals surface area contributed by atoms with Crippen molar-refractivity contribution in [3.05, 3.63) is 47.5 Å². The molecule has 0 saturated carbocycles. The average Bonchev–Trinajstić information content (AvgIpc) is 2.45. The Morgan fingerprint density at radius 3 is 2.58 bits per heavy atom. The van der Waals surface area contributed by atoms with Crippen LogP contribution in [0.1, 0.15) is 6.92 Å². The predicted octanol–water partition coefficient (Wildman–Crippen LogP) is 4.61. The van der Waals surface area contributed by atoms with Crippen molar-refractivity contribution in [2.75, 3.05) is 6.26 Å². The van der Waals surface area contributed by atoms with Gasteiger partial charge < -0.3 is 4.74 Å². The zero-order chi connectivity index (χ0) is 13.8. The van der Waals surface area contributed by atoms with E-state index in [0.29, 0.717) is 11.3 Å². The first-order valence-corrected chi connectivity index (χ1v) is 7.37. The molecule has 0 aliphatic rings. The van der Waals surface area contributed by atoms with E-state index >= 15 is 0 Å². The van der Waals surface area contributed by atoms with E-state index in [0.717, 1.165) is 10.8 Å². The molecule has 98 valence electrons. The van der Waals surface area contributed by atoms with E-state index in [9.17, 15) is 4.79 Å². The molecular formula is C15H13ClO2S. The van der Waals surface area contributed by atoms with Crippen molar-refractivity contribution in [2.24, 2.45) is 0 Å². The lowest BCUT2D eigenvalue weighted by Gasteiger charge is -2.06. The fourth-order valence-electron chi connectivity index (χ4n) is 1.62. The van der Waals surface area contributed by atoms with Crippen LogP contribution in [0.4, 0.5) is 0 Å². The molecule has 0 amide bonds. The molecule has 0 atom stereocenters. The van der Waals surface area contributed by atoms with Gasteiger partial charge >= 0.3 is 5.97 Å². The third-order valence-electron chi connectivity index (χ3n) is 2.72. The number of benzene rings is 2. The molecule has 2 aromatic rings. The molecule has 0 unspecified atom stereocenters. The second-order valence-electron chi connectivity index (χ2n) is 4.06. The number of rotatable bonds is 3. The summed E-state index contributed by atoms with van der Waals surface area (Å²) in [7, 11) is 0. The third-order valence-corrected chi connectivity index (χ3v) is 3.77. The smallest absolute Gasteiger partial charge is 0.340 e. The van der Waals surface area contributed by atoms with Gasteiger partial charge in [0.2, 0.25) is 0 Å². The second-order valence-corrected chi connectivity index (χ2v) is 5.15. The van der Waals surface area contributed by atoms with Gasteiger partial charge in [-0.3, -0.25) is 0 Å². The van der Waals surface area contributed by atoms with Gasteiger partial charge in [0.25, 0.3) is 0 Å². The van der Waals surface area contributed by atoms with Gasteiger partial charge in [-0.1, -0.05) is 23.7 Å². The van der Waals surface area contributed by atoms with E-state index < -0.39 is 5.97 Å². The molecular weight excluding hydrogens is 280 g/mol. The van der Waals surface area contributed by atoms with Gasteiger partial charge in [0.05, 0.1) is 0 Å². The first kappa shape index (κ1) is 14.0. The minimum absolute atomic E-state index is 0.375. The Balaban J connectivity index is 2.29. The lowest BCUT2D eigenvalue weighted by Crippen LogP contribution is -2.08. The topological polar surface area (TPSA) is 26.3 Å². The molecule has 2 rings (SSSR count). The molecule has 0 aliphatic heterocycles. The maximum absolute atomic E-state index is 11.6. The molecule has 0 N–H and O–H groups in total. The van der Waals surface area contributed by atoms with Crippen molar-refractivity contribution >= 4 is 40.1 Å². The predicted molar refractivity (Wildman–Crippen MR) is 81.0 cm³/mol. The number of halogens is 1. The summed E-state index contributed by atoms with van der Waals surface area (Å²) in [6.45, 7) is 1.61. The quantitative estimate of drug-likeness (QED) is 0.358. The van der Waals surface area contributed by atoms with E-state index in [4.69, 9.17) is 16.3 Å². The summed E-state index contributed by atoms with van der Waals surface area (Å²) in [6, 6.07) is 11.7. The Morgan fingerprint density at radius 2 is 1.89 bits per heavy atom. The zero-order valence-electron chi connectivity index (χ0n) is 10.6. The summed E-state index contributed by atoms with van der Waals surface area (Å²) in [4.78, 5) is 12.8. The number of hydrogen-bond donors (Lipinski definition) is 0. The molecule has 2 nitrogen and oxygen atoms in total. The Morgan fingerprint density at radius 1 is 1.21 bits per heavy atom. The number of thioether (sulfide) groups is 1. The van der Waals surface area contributed by atoms with Crippen molar-refractivity contribution in [1.29, 1.82) is 0 Å². The summed E-state index contributed by atoms with van der Waals surface area (Å²) in [5.74, 6) is 0.0855. The van der Waals surface area contributed by atoms with Crippen molar-refractivity contribution in [2.45, 2.75) is 11.8 Å². The van der Waals surface area contributed by atoms with Gasteiger partial charge in [-0.2, -0.15) is 0 Å². The SMILES string of the molecule is CSc1ccc2cc(OC(=O)C(C)=CCl)ccc2c1. The van der Waals surface area contributed by atoms with Crippen molar-refractivity contribution in [1.82, 2.24) is 0 Å². The number of hydrogen-bond acceptors (Lipinski definition) is 3. The average molecular weight is 293 g/mol. The summed E-state index contributed by atoms with van der Waals surface area (Å²) < 4.78 is 5.23. The van der Waals surface area contributed by atoms with Crippen LogP contribution in [0.25, 0.3) is 10.8 Å². The summed E-state index contributed by atoms with van der Waals surface area (Å²) in [6.07, 6.45) is 2.04. The van der Waals surface area contributed by atoms with Gasteiger partial charge in [-0.15, -0.1) is 11.8 Å². The first-order valence-electron chi connectivity index (χ1n) is 5.71. The fourth-order valence-corrected chi connectivity index (χ4v) is 2.16. The number of esters is 1. The second kappa shape index (κ2) is 6.13. The summed E-state index contributed by atoms with van der Waals surface area (Å²) in [5.41, 5.74) is 1.59. The largest absolute Gasteiger partial charge is 0.423 e. The van der Waals surface area contributed by atoms with Crippen LogP contribution < -0.4 is 4.74 Å². The zero-order valence-corrected chi connectivity index (χ0v) is 12.2. The third kappa shape index (κ3) is 3.31. The normalized spacial score (nSPS) is 11.6. The van der Waals surface area contributed by atoms with Gasteiger partial charge in [0.15, 0.2) is 0 Å². The minimum Gasteiger partial charge on any atom is -0.423 e. The standard InChI is InChI=1S/C15H13ClO2S/c1-10(9-16)15(17)18-13-5-3-12-8-14(19-2)6-4-11(12)7-13/h3-9H,1-2H3. The maximum atomic E-state index is 11.6. The molecule has 4 heteroatoms. The molecule has 2 aromatic carbocycles. The molecule has 19 heavy (non-hydrogen) atoms. The molecule has 0 heterocycles. The molecule has 0 aromatic heterocycles. The van der Waals surface area contributed by atoms with Crippen molar-refractivity contribution in [3.63, 3.8) is 0 Å². The molecule has 0 radical (unpaired) electrons. The molecule has 0 spiro atoms. The summed E-state index contributed by atoms with van der Waals surface area (Å²) in [5, 5.41) is 2.16. The highest BCUT2D eigenvalue weighted by atomic mass is 35.5. The highest BCUT2D eigenvalue weighted by Crippen LogP contribution is 2.25. The Labute approximate surface area is 121 Å². The Kier molecular flexibility index (Phi) is 4.51. The Bertz CT molecular complexity index is 650. The van der Waals surface area contributed by atoms with Crippen LogP contribution in [-0.2, 0) is 4.79 Å². The van der Waals surface area contributed by atoms with Crippen LogP contribution in [0.2, 0.25) is 0 Å². The monoisotopic (exact) mass is 292 g/mol. The van der Waals surface area contributed by atoms with Crippen LogP contribution >= 0.6 is 23.4 Å². The van der Waals surface area contributed by atoms with Crippen molar-refractivity contribution < 1.29 is 9.53 Å². The first-order chi connectivity index (χ1) is 9.13. The molecule has 0 aliphatic carbocycles. The highest BCUT2D eigenvalue weighted by Gasteiger charge is 2.07. The molecule has 0 fully saturated rings. The van der Waals surface area contributed by atoms with E-state index in [-0.39, 0.29) is 0 Å².